The molecule has 0 saturated carbocycles. The average molecular weight is 929 g/mol. The molecule has 380 valence electrons. The van der Waals surface area contributed by atoms with Crippen molar-refractivity contribution in [2.45, 2.75) is 245 Å². The van der Waals surface area contributed by atoms with Crippen molar-refractivity contribution in [1.29, 1.82) is 0 Å². The molecule has 0 aliphatic heterocycles. The van der Waals surface area contributed by atoms with E-state index < -0.39 is 6.10 Å². The lowest BCUT2D eigenvalue weighted by Crippen LogP contribution is -2.30. The summed E-state index contributed by atoms with van der Waals surface area (Å²) < 4.78 is 16.8. The molecule has 0 rings (SSSR count). The molecule has 1 atom stereocenters. The molecular formula is C61H100O6. The van der Waals surface area contributed by atoms with Crippen LogP contribution in [0.1, 0.15) is 239 Å². The number of ether oxygens (including phenoxy) is 3. The summed E-state index contributed by atoms with van der Waals surface area (Å²) in [7, 11) is 0. The second-order valence-electron chi connectivity index (χ2n) is 17.7. The first-order valence-corrected chi connectivity index (χ1v) is 27.4. The lowest BCUT2D eigenvalue weighted by molar-refractivity contribution is -0.167. The van der Waals surface area contributed by atoms with Gasteiger partial charge in [-0.2, -0.15) is 0 Å². The number of carbonyl (C=O) groups excluding carboxylic acids is 3. The van der Waals surface area contributed by atoms with Crippen LogP contribution in [0.2, 0.25) is 0 Å². The van der Waals surface area contributed by atoms with E-state index in [1.807, 2.05) is 0 Å². The zero-order chi connectivity index (χ0) is 48.6. The zero-order valence-electron chi connectivity index (χ0n) is 43.4. The van der Waals surface area contributed by atoms with E-state index in [1.165, 1.54) is 51.4 Å². The van der Waals surface area contributed by atoms with Gasteiger partial charge in [-0.3, -0.25) is 14.4 Å². The highest BCUT2D eigenvalue weighted by atomic mass is 16.6. The normalized spacial score (nSPS) is 12.9. The molecule has 0 bridgehead atoms. The third-order valence-corrected chi connectivity index (χ3v) is 11.2. The zero-order valence-corrected chi connectivity index (χ0v) is 43.4. The minimum atomic E-state index is -0.807. The predicted octanol–water partition coefficient (Wildman–Crippen LogP) is 18.3. The number of carbonyl (C=O) groups is 3. The van der Waals surface area contributed by atoms with Crippen LogP contribution >= 0.6 is 0 Å². The highest BCUT2D eigenvalue weighted by Gasteiger charge is 2.19. The van der Waals surface area contributed by atoms with Gasteiger partial charge in [0.25, 0.3) is 0 Å². The largest absolute Gasteiger partial charge is 0.462 e. The second-order valence-corrected chi connectivity index (χ2v) is 17.7. The first kappa shape index (κ1) is 63.1. The van der Waals surface area contributed by atoms with Crippen LogP contribution in [0, 0.1) is 0 Å². The first-order chi connectivity index (χ1) is 33.0. The van der Waals surface area contributed by atoms with Gasteiger partial charge in [0.2, 0.25) is 0 Å². The summed E-state index contributed by atoms with van der Waals surface area (Å²) in [6, 6.07) is 0. The molecule has 0 aliphatic rings. The average Bonchev–Trinajstić information content (AvgIpc) is 3.33. The number of hydrogen-bond donors (Lipinski definition) is 0. The summed E-state index contributed by atoms with van der Waals surface area (Å²) in [5, 5.41) is 0. The molecule has 1 unspecified atom stereocenters. The summed E-state index contributed by atoms with van der Waals surface area (Å²) in [5.74, 6) is -0.966. The fourth-order valence-corrected chi connectivity index (χ4v) is 7.12. The van der Waals surface area contributed by atoms with E-state index in [9.17, 15) is 14.4 Å². The summed E-state index contributed by atoms with van der Waals surface area (Å²) >= 11 is 0. The van der Waals surface area contributed by atoms with Crippen molar-refractivity contribution in [3.8, 4) is 0 Å². The lowest BCUT2D eigenvalue weighted by Gasteiger charge is -2.18. The van der Waals surface area contributed by atoms with Gasteiger partial charge in [-0.05, 0) is 128 Å². The van der Waals surface area contributed by atoms with E-state index >= 15 is 0 Å². The fraction of sp³-hybridized carbons (Fsp3) is 0.656. The summed E-state index contributed by atoms with van der Waals surface area (Å²) in [4.78, 5) is 38.1. The van der Waals surface area contributed by atoms with Crippen LogP contribution in [0.15, 0.2) is 109 Å². The Labute approximate surface area is 412 Å². The summed E-state index contributed by atoms with van der Waals surface area (Å²) in [6.45, 7) is 6.41. The summed E-state index contributed by atoms with van der Waals surface area (Å²) in [5.41, 5.74) is 0. The summed E-state index contributed by atoms with van der Waals surface area (Å²) in [6.07, 6.45) is 73.5. The van der Waals surface area contributed by atoms with E-state index in [2.05, 4.69) is 130 Å². The van der Waals surface area contributed by atoms with Gasteiger partial charge < -0.3 is 14.2 Å². The standard InChI is InChI=1S/C61H100O6/c1-4-7-10-13-16-19-22-25-28-29-30-31-34-36-39-42-45-48-51-54-60(63)66-57-58(67-61(64)55-52-49-46-43-40-37-33-27-24-21-18-15-12-9-6-3)56-65-59(62)53-50-47-44-41-38-35-32-26-23-20-17-14-11-8-5-2/h7,10,16-21,25-28,30-33,36,39,58H,4-6,8-9,11-15,22-24,29,34-35,37-38,40-57H2,1-3H3/b10-7-,19-16-,20-17-,21-18-,28-25-,31-30-,32-26-,33-27-,39-36-. The van der Waals surface area contributed by atoms with Gasteiger partial charge in [-0.15, -0.1) is 0 Å². The highest BCUT2D eigenvalue weighted by Crippen LogP contribution is 2.13. The monoisotopic (exact) mass is 929 g/mol. The Bertz CT molecular complexity index is 1390. The minimum absolute atomic E-state index is 0.104. The Morgan fingerprint density at radius 1 is 0.313 bits per heavy atom. The van der Waals surface area contributed by atoms with Crippen LogP contribution in [-0.2, 0) is 28.6 Å². The van der Waals surface area contributed by atoms with Gasteiger partial charge in [0.15, 0.2) is 6.10 Å². The Morgan fingerprint density at radius 3 is 0.925 bits per heavy atom. The van der Waals surface area contributed by atoms with Crippen molar-refractivity contribution >= 4 is 17.9 Å². The molecule has 67 heavy (non-hydrogen) atoms. The Hall–Kier alpha value is -3.93. The maximum absolute atomic E-state index is 12.8. The topological polar surface area (TPSA) is 78.9 Å². The maximum Gasteiger partial charge on any atom is 0.306 e. The molecule has 0 N–H and O–H groups in total. The molecule has 0 saturated heterocycles. The molecule has 6 heteroatoms. The van der Waals surface area contributed by atoms with E-state index in [0.717, 1.165) is 148 Å². The molecule has 0 fully saturated rings. The molecule has 0 aromatic carbocycles. The molecule has 0 amide bonds. The van der Waals surface area contributed by atoms with Gasteiger partial charge >= 0.3 is 17.9 Å². The number of esters is 3. The quantitative estimate of drug-likeness (QED) is 0.0262. The van der Waals surface area contributed by atoms with Gasteiger partial charge in [0.1, 0.15) is 13.2 Å². The molecule has 0 aromatic rings. The maximum atomic E-state index is 12.8. The van der Waals surface area contributed by atoms with Crippen molar-refractivity contribution in [3.63, 3.8) is 0 Å². The van der Waals surface area contributed by atoms with E-state index in [1.54, 1.807) is 0 Å². The van der Waals surface area contributed by atoms with Crippen molar-refractivity contribution in [3.05, 3.63) is 109 Å². The van der Waals surface area contributed by atoms with Crippen molar-refractivity contribution < 1.29 is 28.6 Å². The van der Waals surface area contributed by atoms with Crippen LogP contribution in [0.25, 0.3) is 0 Å². The van der Waals surface area contributed by atoms with Crippen molar-refractivity contribution in [2.24, 2.45) is 0 Å². The van der Waals surface area contributed by atoms with E-state index in [4.69, 9.17) is 14.2 Å². The fourth-order valence-electron chi connectivity index (χ4n) is 7.12. The molecule has 0 heterocycles. The number of unbranched alkanes of at least 4 members (excludes halogenated alkanes) is 19. The van der Waals surface area contributed by atoms with Crippen LogP contribution in [0.3, 0.4) is 0 Å². The molecule has 0 aromatic heterocycles. The van der Waals surface area contributed by atoms with Crippen LogP contribution < -0.4 is 0 Å². The smallest absolute Gasteiger partial charge is 0.306 e. The minimum Gasteiger partial charge on any atom is -0.462 e. The molecular weight excluding hydrogens is 829 g/mol. The molecule has 0 aliphatic carbocycles. The number of rotatable bonds is 48. The Kier molecular flexibility index (Phi) is 51.5. The van der Waals surface area contributed by atoms with Gasteiger partial charge in [0.05, 0.1) is 0 Å². The lowest BCUT2D eigenvalue weighted by atomic mass is 10.1. The second kappa shape index (κ2) is 54.7. The van der Waals surface area contributed by atoms with Crippen LogP contribution in [-0.4, -0.2) is 37.2 Å². The first-order valence-electron chi connectivity index (χ1n) is 27.4. The Balaban J connectivity index is 4.51. The van der Waals surface area contributed by atoms with Crippen LogP contribution in [0.5, 0.6) is 0 Å². The van der Waals surface area contributed by atoms with E-state index in [-0.39, 0.29) is 31.1 Å². The van der Waals surface area contributed by atoms with E-state index in [0.29, 0.717) is 19.3 Å². The highest BCUT2D eigenvalue weighted by molar-refractivity contribution is 5.71. The van der Waals surface area contributed by atoms with Crippen molar-refractivity contribution in [2.75, 3.05) is 13.2 Å². The van der Waals surface area contributed by atoms with Gasteiger partial charge in [0, 0.05) is 19.3 Å². The molecule has 0 radical (unpaired) electrons. The van der Waals surface area contributed by atoms with Crippen molar-refractivity contribution in [1.82, 2.24) is 0 Å². The Morgan fingerprint density at radius 2 is 0.582 bits per heavy atom. The molecule has 0 spiro atoms. The molecule has 6 nitrogen and oxygen atoms in total. The third-order valence-electron chi connectivity index (χ3n) is 11.2. The predicted molar refractivity (Wildman–Crippen MR) is 288 cm³/mol. The van der Waals surface area contributed by atoms with Crippen LogP contribution in [0.4, 0.5) is 0 Å². The third kappa shape index (κ3) is 52.9. The SMILES string of the molecule is CC/C=C\C/C=C\C/C=C\C/C=C\C/C=C\CCCCCC(=O)OCC(COC(=O)CCCCCCC/C=C\C/C=C\CCCCC)OC(=O)CCCCCCC/C=C\C/C=C\CCCCC. The van der Waals surface area contributed by atoms with Gasteiger partial charge in [-0.25, -0.2) is 0 Å². The van der Waals surface area contributed by atoms with Gasteiger partial charge in [-0.1, -0.05) is 201 Å². The number of hydrogen-bond acceptors (Lipinski definition) is 6. The number of allylic oxidation sites excluding steroid dienone is 18.